The van der Waals surface area contributed by atoms with Crippen LogP contribution in [0.3, 0.4) is 0 Å². The highest BCUT2D eigenvalue weighted by Crippen LogP contribution is 2.24. The lowest BCUT2D eigenvalue weighted by molar-refractivity contribution is -0.137. The lowest BCUT2D eigenvalue weighted by Gasteiger charge is -2.32. The van der Waals surface area contributed by atoms with Crippen molar-refractivity contribution in [2.24, 2.45) is 0 Å². The molecule has 1 N–H and O–H groups in total. The van der Waals surface area contributed by atoms with E-state index >= 15 is 0 Å². The molecule has 0 saturated carbocycles. The predicted molar refractivity (Wildman–Crippen MR) is 102 cm³/mol. The van der Waals surface area contributed by atoms with Crippen LogP contribution in [0.1, 0.15) is 34.9 Å². The van der Waals surface area contributed by atoms with Gasteiger partial charge in [0.2, 0.25) is 5.91 Å². The van der Waals surface area contributed by atoms with Crippen LogP contribution < -0.4 is 4.74 Å². The van der Waals surface area contributed by atoms with Gasteiger partial charge in [0.25, 0.3) is 0 Å². The van der Waals surface area contributed by atoms with Crippen molar-refractivity contribution in [1.82, 2.24) is 14.7 Å². The number of nitrogens with zero attached hydrogens (tertiary/aromatic N) is 3. The molecule has 150 valence electrons. The van der Waals surface area contributed by atoms with Crippen LogP contribution in [0.25, 0.3) is 0 Å². The summed E-state index contributed by atoms with van der Waals surface area (Å²) in [5.74, 6) is -0.231. The third kappa shape index (κ3) is 4.89. The van der Waals surface area contributed by atoms with Crippen molar-refractivity contribution in [3.63, 3.8) is 0 Å². The topological polar surface area (TPSA) is 93.9 Å². The van der Waals surface area contributed by atoms with Crippen molar-refractivity contribution in [3.05, 3.63) is 47.8 Å². The summed E-state index contributed by atoms with van der Waals surface area (Å²) in [6.07, 6.45) is 2.87. The highest BCUT2D eigenvalue weighted by Gasteiger charge is 2.26. The van der Waals surface area contributed by atoms with Gasteiger partial charge in [-0.05, 0) is 31.9 Å². The van der Waals surface area contributed by atoms with E-state index in [1.165, 1.54) is 6.20 Å². The van der Waals surface area contributed by atoms with Gasteiger partial charge in [-0.1, -0.05) is 18.2 Å². The van der Waals surface area contributed by atoms with Crippen LogP contribution in [0.2, 0.25) is 0 Å². The summed E-state index contributed by atoms with van der Waals surface area (Å²) >= 11 is 0. The summed E-state index contributed by atoms with van der Waals surface area (Å²) in [6.45, 7) is 3.75. The number of amides is 1. The second kappa shape index (κ2) is 9.36. The van der Waals surface area contributed by atoms with Crippen LogP contribution in [-0.2, 0) is 9.53 Å². The van der Waals surface area contributed by atoms with Gasteiger partial charge >= 0.3 is 5.97 Å². The molecule has 1 aliphatic heterocycles. The number of likely N-dealkylation sites (tertiary alicyclic amines) is 1. The number of rotatable bonds is 8. The minimum atomic E-state index is -0.968. The first-order valence-corrected chi connectivity index (χ1v) is 9.37. The zero-order valence-corrected chi connectivity index (χ0v) is 15.9. The summed E-state index contributed by atoms with van der Waals surface area (Å²) in [5.41, 5.74) is 0.878. The second-order valence-corrected chi connectivity index (χ2v) is 6.72. The quantitative estimate of drug-likeness (QED) is 0.698. The Hall–Kier alpha value is -2.87. The molecule has 1 amide bonds. The highest BCUT2D eigenvalue weighted by atomic mass is 16.5. The minimum absolute atomic E-state index is 0.0345. The molecule has 1 aromatic heterocycles. The van der Waals surface area contributed by atoms with Crippen LogP contribution in [0.5, 0.6) is 5.75 Å². The maximum atomic E-state index is 12.3. The van der Waals surface area contributed by atoms with Crippen molar-refractivity contribution in [3.8, 4) is 5.75 Å². The Bertz CT molecular complexity index is 797. The standard InChI is InChI=1S/C20H25N3O5/c1-15-18(20(25)26)13-21-23(15)16-7-9-22(10-8-16)19(24)14-27-11-12-28-17-5-3-2-4-6-17/h2-6,13,16H,7-12,14H2,1H3,(H,25,26). The van der Waals surface area contributed by atoms with Gasteiger partial charge in [-0.3, -0.25) is 9.48 Å². The summed E-state index contributed by atoms with van der Waals surface area (Å²) in [7, 11) is 0. The third-order valence-electron chi connectivity index (χ3n) is 4.90. The zero-order valence-electron chi connectivity index (χ0n) is 15.9. The Morgan fingerprint density at radius 1 is 1.18 bits per heavy atom. The van der Waals surface area contributed by atoms with E-state index in [4.69, 9.17) is 14.6 Å². The van der Waals surface area contributed by atoms with Gasteiger partial charge in [0.05, 0.1) is 24.5 Å². The van der Waals surface area contributed by atoms with Crippen molar-refractivity contribution >= 4 is 11.9 Å². The molecule has 0 radical (unpaired) electrons. The van der Waals surface area contributed by atoms with E-state index in [1.807, 2.05) is 30.3 Å². The first-order chi connectivity index (χ1) is 13.6. The van der Waals surface area contributed by atoms with Gasteiger partial charge in [-0.15, -0.1) is 0 Å². The Labute approximate surface area is 163 Å². The van der Waals surface area contributed by atoms with Gasteiger partial charge < -0.3 is 19.5 Å². The first kappa shape index (κ1) is 19.9. The molecule has 8 heteroatoms. The molecule has 0 unspecified atom stereocenters. The molecule has 2 heterocycles. The van der Waals surface area contributed by atoms with Gasteiger partial charge in [0.15, 0.2) is 0 Å². The smallest absolute Gasteiger partial charge is 0.339 e. The number of ether oxygens (including phenoxy) is 2. The average Bonchev–Trinajstić information content (AvgIpc) is 3.10. The molecule has 28 heavy (non-hydrogen) atoms. The van der Waals surface area contributed by atoms with Crippen LogP contribution in [0.4, 0.5) is 0 Å². The Morgan fingerprint density at radius 3 is 2.54 bits per heavy atom. The van der Waals surface area contributed by atoms with Crippen molar-refractivity contribution in [1.29, 1.82) is 0 Å². The molecule has 3 rings (SSSR count). The van der Waals surface area contributed by atoms with Crippen LogP contribution in [0.15, 0.2) is 36.5 Å². The maximum Gasteiger partial charge on any atom is 0.339 e. The maximum absolute atomic E-state index is 12.3. The van der Waals surface area contributed by atoms with Crippen molar-refractivity contribution < 1.29 is 24.2 Å². The largest absolute Gasteiger partial charge is 0.491 e. The van der Waals surface area contributed by atoms with E-state index in [2.05, 4.69) is 5.10 Å². The number of carboxylic acids is 1. The summed E-state index contributed by atoms with van der Waals surface area (Å²) in [6, 6.07) is 9.57. The SMILES string of the molecule is Cc1c(C(=O)O)cnn1C1CCN(C(=O)COCCOc2ccccc2)CC1. The first-order valence-electron chi connectivity index (χ1n) is 9.37. The van der Waals surface area contributed by atoms with Gasteiger partial charge in [0.1, 0.15) is 24.5 Å². The number of benzene rings is 1. The number of para-hydroxylation sites is 1. The molecule has 1 fully saturated rings. The Kier molecular flexibility index (Phi) is 6.65. The molecule has 1 aliphatic rings. The Balaban J connectivity index is 1.37. The van der Waals surface area contributed by atoms with Crippen LogP contribution in [0, 0.1) is 6.92 Å². The summed E-state index contributed by atoms with van der Waals surface area (Å²) in [5, 5.41) is 13.4. The molecular weight excluding hydrogens is 362 g/mol. The fourth-order valence-electron chi connectivity index (χ4n) is 3.35. The minimum Gasteiger partial charge on any atom is -0.491 e. The van der Waals surface area contributed by atoms with E-state index in [-0.39, 0.29) is 24.1 Å². The van der Waals surface area contributed by atoms with Crippen LogP contribution in [-0.4, -0.2) is 64.6 Å². The molecule has 0 spiro atoms. The van der Waals surface area contributed by atoms with Crippen molar-refractivity contribution in [2.75, 3.05) is 32.9 Å². The number of hydrogen-bond donors (Lipinski definition) is 1. The van der Waals surface area contributed by atoms with Gasteiger partial charge in [-0.25, -0.2) is 4.79 Å². The number of aromatic carboxylic acids is 1. The number of carboxylic acid groups (broad SMARTS) is 1. The lowest BCUT2D eigenvalue weighted by atomic mass is 10.0. The molecule has 0 aliphatic carbocycles. The number of piperidine rings is 1. The lowest BCUT2D eigenvalue weighted by Crippen LogP contribution is -2.41. The molecular formula is C20H25N3O5. The number of carbonyl (C=O) groups excluding carboxylic acids is 1. The molecule has 2 aromatic rings. The average molecular weight is 387 g/mol. The van der Waals surface area contributed by atoms with E-state index < -0.39 is 5.97 Å². The Morgan fingerprint density at radius 2 is 1.89 bits per heavy atom. The molecule has 1 aromatic carbocycles. The summed E-state index contributed by atoms with van der Waals surface area (Å²) < 4.78 is 12.7. The third-order valence-corrected chi connectivity index (χ3v) is 4.90. The van der Waals surface area contributed by atoms with E-state index in [0.29, 0.717) is 32.0 Å². The number of hydrogen-bond acceptors (Lipinski definition) is 5. The second-order valence-electron chi connectivity index (χ2n) is 6.72. The number of carbonyl (C=O) groups is 2. The molecule has 0 bridgehead atoms. The fraction of sp³-hybridized carbons (Fsp3) is 0.450. The molecule has 0 atom stereocenters. The van der Waals surface area contributed by atoms with Crippen LogP contribution >= 0.6 is 0 Å². The predicted octanol–water partition coefficient (Wildman–Crippen LogP) is 2.15. The zero-order chi connectivity index (χ0) is 19.9. The van der Waals surface area contributed by atoms with Gasteiger partial charge in [-0.2, -0.15) is 5.10 Å². The normalized spacial score (nSPS) is 14.8. The number of aromatic nitrogens is 2. The van der Waals surface area contributed by atoms with Crippen molar-refractivity contribution in [2.45, 2.75) is 25.8 Å². The van der Waals surface area contributed by atoms with E-state index in [0.717, 1.165) is 18.6 Å². The van der Waals surface area contributed by atoms with Gasteiger partial charge in [0, 0.05) is 13.1 Å². The highest BCUT2D eigenvalue weighted by molar-refractivity contribution is 5.88. The molecule has 8 nitrogen and oxygen atoms in total. The van der Waals surface area contributed by atoms with E-state index in [1.54, 1.807) is 16.5 Å². The molecule has 1 saturated heterocycles. The van der Waals surface area contributed by atoms with E-state index in [9.17, 15) is 9.59 Å². The fourth-order valence-corrected chi connectivity index (χ4v) is 3.35. The monoisotopic (exact) mass is 387 g/mol. The summed E-state index contributed by atoms with van der Waals surface area (Å²) in [4.78, 5) is 25.2.